The van der Waals surface area contributed by atoms with Gasteiger partial charge >= 0.3 is 67.2 Å². The molecule has 0 aromatic rings. The molecule has 0 aromatic carbocycles. The third-order valence-electron chi connectivity index (χ3n) is 0. The van der Waals surface area contributed by atoms with E-state index >= 15 is 0 Å². The molecule has 5 heavy (non-hydrogen) atoms. The Morgan fingerprint density at radius 1 is 0.600 bits per heavy atom. The van der Waals surface area contributed by atoms with Crippen LogP contribution in [0.4, 0.5) is 0 Å². The standard InChI is InChI=1S/3O.Sr.Ti/q3*-2;+2;+4. The Morgan fingerprint density at radius 3 is 0.600 bits per heavy atom. The van der Waals surface area contributed by atoms with Crippen molar-refractivity contribution in [2.24, 2.45) is 0 Å². The van der Waals surface area contributed by atoms with Gasteiger partial charge in [-0.3, -0.25) is 0 Å². The van der Waals surface area contributed by atoms with Crippen LogP contribution in [0.3, 0.4) is 0 Å². The van der Waals surface area contributed by atoms with Crippen LogP contribution in [0.25, 0.3) is 0 Å². The zero-order chi connectivity index (χ0) is 0. The molecule has 24 valence electrons. The van der Waals surface area contributed by atoms with Gasteiger partial charge in [0.1, 0.15) is 0 Å². The molecule has 0 bridgehead atoms. The molecule has 0 aliphatic heterocycles. The van der Waals surface area contributed by atoms with Crippen molar-refractivity contribution in [3.8, 4) is 0 Å². The van der Waals surface area contributed by atoms with E-state index in [1.54, 1.807) is 0 Å². The Kier molecular flexibility index (Phi) is 441. The molecule has 0 fully saturated rings. The molecule has 0 N–H and O–H groups in total. The van der Waals surface area contributed by atoms with E-state index < -0.39 is 0 Å². The first kappa shape index (κ1) is 60.6. The molecular formula is O3SrTi. The van der Waals surface area contributed by atoms with E-state index in [9.17, 15) is 0 Å². The summed E-state index contributed by atoms with van der Waals surface area (Å²) in [7, 11) is 0. The van der Waals surface area contributed by atoms with Gasteiger partial charge in [-0.05, 0) is 0 Å². The summed E-state index contributed by atoms with van der Waals surface area (Å²) in [6, 6.07) is 0. The van der Waals surface area contributed by atoms with Crippen molar-refractivity contribution in [3.63, 3.8) is 0 Å². The second-order valence-electron chi connectivity index (χ2n) is 0. The first-order chi connectivity index (χ1) is 0. The third kappa shape index (κ3) is 23.4. The minimum absolute atomic E-state index is 0. The molecule has 5 heteroatoms. The van der Waals surface area contributed by atoms with Gasteiger partial charge in [0.05, 0.1) is 0 Å². The van der Waals surface area contributed by atoms with Crippen LogP contribution >= 0.6 is 0 Å². The Morgan fingerprint density at radius 2 is 0.600 bits per heavy atom. The average molecular weight is 183 g/mol. The van der Waals surface area contributed by atoms with Crippen molar-refractivity contribution in [2.45, 2.75) is 0 Å². The van der Waals surface area contributed by atoms with Crippen LogP contribution in [0.15, 0.2) is 0 Å². The Hall–Kier alpha value is 2.07. The Labute approximate surface area is 82.2 Å². The predicted octanol–water partition coefficient (Wildman–Crippen LogP) is -0.740. The van der Waals surface area contributed by atoms with Crippen LogP contribution in [0.2, 0.25) is 0 Å². The van der Waals surface area contributed by atoms with Crippen LogP contribution in [-0.4, -0.2) is 45.5 Å². The van der Waals surface area contributed by atoms with E-state index in [1.807, 2.05) is 0 Å². The summed E-state index contributed by atoms with van der Waals surface area (Å²) in [5.74, 6) is 0. The first-order valence-corrected chi connectivity index (χ1v) is 0. The summed E-state index contributed by atoms with van der Waals surface area (Å²) in [6.07, 6.45) is 0. The van der Waals surface area contributed by atoms with Crippen molar-refractivity contribution in [2.75, 3.05) is 0 Å². The largest absolute Gasteiger partial charge is 4.00 e. The van der Waals surface area contributed by atoms with Gasteiger partial charge in [-0.1, -0.05) is 0 Å². The van der Waals surface area contributed by atoms with Gasteiger partial charge in [-0.15, -0.1) is 0 Å². The van der Waals surface area contributed by atoms with Gasteiger partial charge in [-0.2, -0.15) is 0 Å². The zero-order valence-electron chi connectivity index (χ0n) is 2.43. The van der Waals surface area contributed by atoms with Gasteiger partial charge in [0.2, 0.25) is 0 Å². The van der Waals surface area contributed by atoms with Gasteiger partial charge in [-0.25, -0.2) is 0 Å². The van der Waals surface area contributed by atoms with Crippen LogP contribution in [0.1, 0.15) is 0 Å². The number of rotatable bonds is 0. The van der Waals surface area contributed by atoms with Gasteiger partial charge in [0.15, 0.2) is 0 Å². The summed E-state index contributed by atoms with van der Waals surface area (Å²) in [4.78, 5) is 0. The van der Waals surface area contributed by atoms with E-state index in [2.05, 4.69) is 0 Å². The fraction of sp³-hybridized carbons (Fsp3) is 0. The topological polar surface area (TPSA) is 85.5 Å². The molecule has 0 rings (SSSR count). The van der Waals surface area contributed by atoms with Crippen LogP contribution in [0, 0.1) is 0 Å². The quantitative estimate of drug-likeness (QED) is 0.443. The van der Waals surface area contributed by atoms with Gasteiger partial charge in [0.25, 0.3) is 0 Å². The summed E-state index contributed by atoms with van der Waals surface area (Å²) in [5.41, 5.74) is 0. The number of hydrogen-bond donors (Lipinski definition) is 0. The number of hydrogen-bond acceptors (Lipinski definition) is 0. The molecule has 0 radical (unpaired) electrons. The zero-order valence-corrected chi connectivity index (χ0v) is 7.47. The third-order valence-corrected chi connectivity index (χ3v) is 0. The summed E-state index contributed by atoms with van der Waals surface area (Å²) < 4.78 is 0. The van der Waals surface area contributed by atoms with E-state index in [-0.39, 0.29) is 83.6 Å². The maximum Gasteiger partial charge on any atom is 4.00 e. The minimum Gasteiger partial charge on any atom is -2.00 e. The maximum absolute atomic E-state index is 0. The smallest absolute Gasteiger partial charge is 2.00 e. The summed E-state index contributed by atoms with van der Waals surface area (Å²) in [5, 5.41) is 0. The van der Waals surface area contributed by atoms with Crippen LogP contribution in [-0.2, 0) is 38.1 Å². The molecule has 0 amide bonds. The molecule has 0 atom stereocenters. The second-order valence-corrected chi connectivity index (χ2v) is 0. The molecule has 0 spiro atoms. The van der Waals surface area contributed by atoms with E-state index in [4.69, 9.17) is 0 Å². The second kappa shape index (κ2) is 36.3. The van der Waals surface area contributed by atoms with Gasteiger partial charge in [0, 0.05) is 0 Å². The first-order valence-electron chi connectivity index (χ1n) is 0. The monoisotopic (exact) mass is 184 g/mol. The van der Waals surface area contributed by atoms with Gasteiger partial charge < -0.3 is 16.4 Å². The molecule has 0 aromatic heterocycles. The molecule has 0 saturated carbocycles. The minimum atomic E-state index is 0. The Bertz CT molecular complexity index is 6.85. The van der Waals surface area contributed by atoms with Crippen LogP contribution in [0.5, 0.6) is 0 Å². The molecule has 0 aliphatic carbocycles. The fourth-order valence-electron chi connectivity index (χ4n) is 0. The summed E-state index contributed by atoms with van der Waals surface area (Å²) >= 11 is 0. The fourth-order valence-corrected chi connectivity index (χ4v) is 0. The van der Waals surface area contributed by atoms with Crippen molar-refractivity contribution >= 4 is 45.5 Å². The molecular weight excluding hydrogens is 183 g/mol. The molecule has 3 nitrogen and oxygen atoms in total. The SMILES string of the molecule is [O-2].[O-2].[O-2].[Sr+2].[Ti+4]. The molecule has 0 unspecified atom stereocenters. The molecule has 0 heterocycles. The summed E-state index contributed by atoms with van der Waals surface area (Å²) in [6.45, 7) is 0. The van der Waals surface area contributed by atoms with Crippen LogP contribution < -0.4 is 0 Å². The average Bonchev–Trinajstić information content (AvgIpc) is 0. The van der Waals surface area contributed by atoms with Crippen molar-refractivity contribution in [1.82, 2.24) is 0 Å². The Balaban J connectivity index is 0. The van der Waals surface area contributed by atoms with E-state index in [1.165, 1.54) is 0 Å². The van der Waals surface area contributed by atoms with E-state index in [0.717, 1.165) is 0 Å². The van der Waals surface area contributed by atoms with Crippen molar-refractivity contribution < 1.29 is 38.1 Å². The van der Waals surface area contributed by atoms with Crippen molar-refractivity contribution in [3.05, 3.63) is 0 Å². The molecule has 0 saturated heterocycles. The van der Waals surface area contributed by atoms with E-state index in [0.29, 0.717) is 0 Å². The predicted molar refractivity (Wildman–Crippen MR) is 7.81 cm³/mol. The van der Waals surface area contributed by atoms with Crippen molar-refractivity contribution in [1.29, 1.82) is 0 Å². The normalized spacial score (nSPS) is 0. The maximum atomic E-state index is 0. The molecule has 0 aliphatic rings.